The molecule has 1 aromatic carbocycles. The molecule has 1 fully saturated rings. The molecule has 0 spiro atoms. The van der Waals surface area contributed by atoms with Crippen molar-refractivity contribution in [3.63, 3.8) is 0 Å². The Labute approximate surface area is 122 Å². The van der Waals surface area contributed by atoms with Gasteiger partial charge in [-0.05, 0) is 37.1 Å². The summed E-state index contributed by atoms with van der Waals surface area (Å²) in [5, 5.41) is 3.53. The minimum absolute atomic E-state index is 0.0686. The fraction of sp³-hybridized carbons (Fsp3) is 0.267. The van der Waals surface area contributed by atoms with Crippen LogP contribution in [0.15, 0.2) is 36.7 Å². The van der Waals surface area contributed by atoms with Crippen molar-refractivity contribution in [2.24, 2.45) is 5.92 Å². The van der Waals surface area contributed by atoms with Gasteiger partial charge < -0.3 is 5.32 Å². The average molecular weight is 288 g/mol. The highest BCUT2D eigenvalue weighted by Crippen LogP contribution is 2.27. The standard InChI is InChI=1S/C15H14ClN3O/c16-12-6-4-10(5-7-12)14-17-8-13(9-18-14)19-15(20)11-2-1-3-11/h4-9,11H,1-3H2,(H,19,20). The van der Waals surface area contributed by atoms with E-state index in [-0.39, 0.29) is 11.8 Å². The molecule has 0 bridgehead atoms. The molecule has 0 saturated heterocycles. The number of carbonyl (C=O) groups excluding carboxylic acids is 1. The predicted molar refractivity (Wildman–Crippen MR) is 78.4 cm³/mol. The van der Waals surface area contributed by atoms with Crippen molar-refractivity contribution >= 4 is 23.2 Å². The van der Waals surface area contributed by atoms with Crippen molar-refractivity contribution in [3.8, 4) is 11.4 Å². The minimum Gasteiger partial charge on any atom is -0.323 e. The highest BCUT2D eigenvalue weighted by atomic mass is 35.5. The van der Waals surface area contributed by atoms with Crippen LogP contribution in [0.2, 0.25) is 5.02 Å². The van der Waals surface area contributed by atoms with Crippen LogP contribution in [0, 0.1) is 5.92 Å². The van der Waals surface area contributed by atoms with E-state index < -0.39 is 0 Å². The first kappa shape index (κ1) is 13.1. The van der Waals surface area contributed by atoms with Gasteiger partial charge in [-0.25, -0.2) is 9.97 Å². The largest absolute Gasteiger partial charge is 0.323 e. The lowest BCUT2D eigenvalue weighted by atomic mass is 9.85. The molecule has 0 radical (unpaired) electrons. The van der Waals surface area contributed by atoms with Crippen LogP contribution in [0.25, 0.3) is 11.4 Å². The molecular weight excluding hydrogens is 274 g/mol. The Kier molecular flexibility index (Phi) is 3.65. The van der Waals surface area contributed by atoms with Crippen LogP contribution in [0.4, 0.5) is 5.69 Å². The molecule has 1 saturated carbocycles. The zero-order chi connectivity index (χ0) is 13.9. The van der Waals surface area contributed by atoms with Crippen molar-refractivity contribution in [1.29, 1.82) is 0 Å². The van der Waals surface area contributed by atoms with Gasteiger partial charge in [0, 0.05) is 16.5 Å². The smallest absolute Gasteiger partial charge is 0.227 e. The summed E-state index contributed by atoms with van der Waals surface area (Å²) < 4.78 is 0. The van der Waals surface area contributed by atoms with Gasteiger partial charge in [-0.15, -0.1) is 0 Å². The summed E-state index contributed by atoms with van der Waals surface area (Å²) in [7, 11) is 0. The molecule has 102 valence electrons. The predicted octanol–water partition coefficient (Wildman–Crippen LogP) is 3.54. The van der Waals surface area contributed by atoms with E-state index >= 15 is 0 Å². The molecule has 2 aromatic rings. The van der Waals surface area contributed by atoms with Gasteiger partial charge in [-0.3, -0.25) is 4.79 Å². The second-order valence-electron chi connectivity index (χ2n) is 4.92. The first-order valence-corrected chi connectivity index (χ1v) is 6.99. The normalized spacial score (nSPS) is 14.7. The van der Waals surface area contributed by atoms with Gasteiger partial charge in [0.25, 0.3) is 0 Å². The Balaban J connectivity index is 1.70. The van der Waals surface area contributed by atoms with Gasteiger partial charge >= 0.3 is 0 Å². The Morgan fingerprint density at radius 3 is 2.35 bits per heavy atom. The molecule has 1 aromatic heterocycles. The third kappa shape index (κ3) is 2.80. The summed E-state index contributed by atoms with van der Waals surface area (Å²) in [5.41, 5.74) is 1.53. The van der Waals surface area contributed by atoms with Gasteiger partial charge in [0.2, 0.25) is 5.91 Å². The molecule has 1 amide bonds. The number of nitrogens with zero attached hydrogens (tertiary/aromatic N) is 2. The van der Waals surface area contributed by atoms with Crippen molar-refractivity contribution in [2.75, 3.05) is 5.32 Å². The zero-order valence-electron chi connectivity index (χ0n) is 10.8. The number of rotatable bonds is 3. The number of carbonyl (C=O) groups is 1. The summed E-state index contributed by atoms with van der Waals surface area (Å²) in [6.45, 7) is 0. The lowest BCUT2D eigenvalue weighted by Gasteiger charge is -2.23. The minimum atomic E-state index is 0.0686. The summed E-state index contributed by atoms with van der Waals surface area (Å²) in [6, 6.07) is 7.33. The number of aromatic nitrogens is 2. The first-order valence-electron chi connectivity index (χ1n) is 6.61. The molecular formula is C15H14ClN3O. The SMILES string of the molecule is O=C(Nc1cnc(-c2ccc(Cl)cc2)nc1)C1CCC1. The highest BCUT2D eigenvalue weighted by Gasteiger charge is 2.25. The van der Waals surface area contributed by atoms with E-state index in [4.69, 9.17) is 11.6 Å². The van der Waals surface area contributed by atoms with Crippen LogP contribution in [-0.2, 0) is 4.79 Å². The Morgan fingerprint density at radius 2 is 1.80 bits per heavy atom. The van der Waals surface area contributed by atoms with Crippen molar-refractivity contribution in [3.05, 3.63) is 41.7 Å². The highest BCUT2D eigenvalue weighted by molar-refractivity contribution is 6.30. The van der Waals surface area contributed by atoms with Crippen molar-refractivity contribution in [2.45, 2.75) is 19.3 Å². The molecule has 4 nitrogen and oxygen atoms in total. The molecule has 1 aliphatic rings. The maximum absolute atomic E-state index is 11.8. The molecule has 3 rings (SSSR count). The van der Waals surface area contributed by atoms with Gasteiger partial charge in [0.1, 0.15) is 0 Å². The van der Waals surface area contributed by atoms with Crippen LogP contribution in [0.3, 0.4) is 0 Å². The number of benzene rings is 1. The van der Waals surface area contributed by atoms with Crippen LogP contribution < -0.4 is 5.32 Å². The van der Waals surface area contributed by atoms with Crippen LogP contribution in [0.5, 0.6) is 0 Å². The fourth-order valence-corrected chi connectivity index (χ4v) is 2.18. The topological polar surface area (TPSA) is 54.9 Å². The Hall–Kier alpha value is -1.94. The number of halogens is 1. The van der Waals surface area contributed by atoms with Crippen LogP contribution in [-0.4, -0.2) is 15.9 Å². The molecule has 20 heavy (non-hydrogen) atoms. The van der Waals surface area contributed by atoms with E-state index in [1.807, 2.05) is 12.1 Å². The average Bonchev–Trinajstić information content (AvgIpc) is 2.38. The van der Waals surface area contributed by atoms with Crippen molar-refractivity contribution in [1.82, 2.24) is 9.97 Å². The molecule has 1 aliphatic carbocycles. The summed E-state index contributed by atoms with van der Waals surface area (Å²) >= 11 is 5.84. The second-order valence-corrected chi connectivity index (χ2v) is 5.36. The van der Waals surface area contributed by atoms with E-state index in [9.17, 15) is 4.79 Å². The van der Waals surface area contributed by atoms with Gasteiger partial charge in [-0.1, -0.05) is 18.0 Å². The van der Waals surface area contributed by atoms with Crippen molar-refractivity contribution < 1.29 is 4.79 Å². The summed E-state index contributed by atoms with van der Waals surface area (Å²) in [5.74, 6) is 0.841. The number of hydrogen-bond acceptors (Lipinski definition) is 3. The van der Waals surface area contributed by atoms with Crippen LogP contribution >= 0.6 is 11.6 Å². The second kappa shape index (κ2) is 5.59. The first-order chi connectivity index (χ1) is 9.72. The number of nitrogens with one attached hydrogen (secondary N) is 1. The van der Waals surface area contributed by atoms with E-state index in [1.54, 1.807) is 24.5 Å². The monoisotopic (exact) mass is 287 g/mol. The summed E-state index contributed by atoms with van der Waals surface area (Å²) in [6.07, 6.45) is 6.37. The number of hydrogen-bond donors (Lipinski definition) is 1. The third-order valence-electron chi connectivity index (χ3n) is 3.50. The molecule has 1 N–H and O–H groups in total. The maximum atomic E-state index is 11.8. The lowest BCUT2D eigenvalue weighted by Crippen LogP contribution is -2.28. The summed E-state index contributed by atoms with van der Waals surface area (Å²) in [4.78, 5) is 20.3. The molecule has 0 aliphatic heterocycles. The maximum Gasteiger partial charge on any atom is 0.227 e. The van der Waals surface area contributed by atoms with E-state index in [1.165, 1.54) is 0 Å². The molecule has 0 unspecified atom stereocenters. The fourth-order valence-electron chi connectivity index (χ4n) is 2.06. The molecule has 1 heterocycles. The van der Waals surface area contributed by atoms with Gasteiger partial charge in [0.15, 0.2) is 5.82 Å². The quantitative estimate of drug-likeness (QED) is 0.939. The van der Waals surface area contributed by atoms with E-state index in [0.29, 0.717) is 16.5 Å². The molecule has 0 atom stereocenters. The number of anilines is 1. The van der Waals surface area contributed by atoms with E-state index in [0.717, 1.165) is 24.8 Å². The van der Waals surface area contributed by atoms with Crippen LogP contribution in [0.1, 0.15) is 19.3 Å². The number of amides is 1. The zero-order valence-corrected chi connectivity index (χ0v) is 11.6. The van der Waals surface area contributed by atoms with Gasteiger partial charge in [-0.2, -0.15) is 0 Å². The Morgan fingerprint density at radius 1 is 1.15 bits per heavy atom. The lowest BCUT2D eigenvalue weighted by molar-refractivity contribution is -0.122. The van der Waals surface area contributed by atoms with Gasteiger partial charge in [0.05, 0.1) is 18.1 Å². The Bertz CT molecular complexity index is 606. The molecule has 5 heteroatoms. The van der Waals surface area contributed by atoms with E-state index in [2.05, 4.69) is 15.3 Å². The third-order valence-corrected chi connectivity index (χ3v) is 3.75.